The van der Waals surface area contributed by atoms with Crippen LogP contribution in [0.1, 0.15) is 24.5 Å². The van der Waals surface area contributed by atoms with Crippen LogP contribution < -0.4 is 5.32 Å². The van der Waals surface area contributed by atoms with Gasteiger partial charge in [-0.3, -0.25) is 0 Å². The van der Waals surface area contributed by atoms with E-state index in [2.05, 4.69) is 5.32 Å². The van der Waals surface area contributed by atoms with Gasteiger partial charge in [0.25, 0.3) is 0 Å². The largest absolute Gasteiger partial charge is 0.387 e. The van der Waals surface area contributed by atoms with Crippen molar-refractivity contribution in [2.45, 2.75) is 25.0 Å². The van der Waals surface area contributed by atoms with Gasteiger partial charge in [0.05, 0.1) is 6.10 Å². The lowest BCUT2D eigenvalue weighted by Gasteiger charge is -2.19. The van der Waals surface area contributed by atoms with Crippen LogP contribution in [0, 0.1) is 11.6 Å². The van der Waals surface area contributed by atoms with E-state index in [0.717, 1.165) is 31.5 Å². The number of benzene rings is 1. The zero-order valence-electron chi connectivity index (χ0n) is 8.21. The number of hydrogen-bond donors (Lipinski definition) is 2. The van der Waals surface area contributed by atoms with Crippen molar-refractivity contribution in [2.24, 2.45) is 0 Å². The fourth-order valence-corrected chi connectivity index (χ4v) is 1.94. The Hall–Kier alpha value is -1.00. The Morgan fingerprint density at radius 2 is 2.20 bits per heavy atom. The van der Waals surface area contributed by atoms with Crippen molar-refractivity contribution < 1.29 is 13.9 Å². The van der Waals surface area contributed by atoms with Gasteiger partial charge in [0.15, 0.2) is 0 Å². The number of nitrogens with one attached hydrogen (secondary N) is 1. The van der Waals surface area contributed by atoms with Gasteiger partial charge < -0.3 is 10.4 Å². The van der Waals surface area contributed by atoms with Crippen LogP contribution >= 0.6 is 0 Å². The standard InChI is InChI=1S/C11H13F2NO/c12-7-3-4-8(9(13)6-7)11(15)10-2-1-5-14-10/h3-4,6,10-11,14-15H,1-2,5H2. The van der Waals surface area contributed by atoms with Crippen molar-refractivity contribution in [3.8, 4) is 0 Å². The summed E-state index contributed by atoms with van der Waals surface area (Å²) >= 11 is 0. The molecule has 0 aliphatic carbocycles. The number of rotatable bonds is 2. The molecule has 0 spiro atoms. The molecule has 1 fully saturated rings. The van der Waals surface area contributed by atoms with Crippen molar-refractivity contribution >= 4 is 0 Å². The minimum atomic E-state index is -0.895. The first-order valence-corrected chi connectivity index (χ1v) is 5.05. The first kappa shape index (κ1) is 10.5. The molecule has 4 heteroatoms. The molecule has 1 heterocycles. The maximum atomic E-state index is 13.3. The minimum absolute atomic E-state index is 0.120. The Morgan fingerprint density at radius 1 is 1.40 bits per heavy atom. The summed E-state index contributed by atoms with van der Waals surface area (Å²) in [6.07, 6.45) is 0.899. The third kappa shape index (κ3) is 2.16. The highest BCUT2D eigenvalue weighted by Crippen LogP contribution is 2.25. The molecule has 0 bridgehead atoms. The van der Waals surface area contributed by atoms with Crippen LogP contribution in [-0.4, -0.2) is 17.7 Å². The Bertz CT molecular complexity index is 350. The predicted octanol–water partition coefficient (Wildman–Crippen LogP) is 1.75. The van der Waals surface area contributed by atoms with Crippen molar-refractivity contribution in [1.82, 2.24) is 5.32 Å². The first-order chi connectivity index (χ1) is 7.18. The van der Waals surface area contributed by atoms with Crippen molar-refractivity contribution in [1.29, 1.82) is 0 Å². The van der Waals surface area contributed by atoms with Crippen LogP contribution in [0.25, 0.3) is 0 Å². The van der Waals surface area contributed by atoms with E-state index in [1.165, 1.54) is 6.07 Å². The molecule has 0 amide bonds. The van der Waals surface area contributed by atoms with E-state index < -0.39 is 17.7 Å². The highest BCUT2D eigenvalue weighted by atomic mass is 19.1. The number of aliphatic hydroxyl groups excluding tert-OH is 1. The van der Waals surface area contributed by atoms with Gasteiger partial charge in [0, 0.05) is 17.7 Å². The molecule has 0 saturated carbocycles. The van der Waals surface area contributed by atoms with Crippen molar-refractivity contribution in [3.63, 3.8) is 0 Å². The highest BCUT2D eigenvalue weighted by Gasteiger charge is 2.25. The van der Waals surface area contributed by atoms with Gasteiger partial charge in [0.1, 0.15) is 11.6 Å². The van der Waals surface area contributed by atoms with Gasteiger partial charge in [-0.1, -0.05) is 6.07 Å². The van der Waals surface area contributed by atoms with E-state index in [4.69, 9.17) is 0 Å². The average molecular weight is 213 g/mol. The Kier molecular flexibility index (Phi) is 2.98. The van der Waals surface area contributed by atoms with E-state index in [-0.39, 0.29) is 11.6 Å². The first-order valence-electron chi connectivity index (χ1n) is 5.05. The van der Waals surface area contributed by atoms with Crippen molar-refractivity contribution in [2.75, 3.05) is 6.54 Å². The lowest BCUT2D eigenvalue weighted by molar-refractivity contribution is 0.133. The van der Waals surface area contributed by atoms with Gasteiger partial charge >= 0.3 is 0 Å². The predicted molar refractivity (Wildman–Crippen MR) is 52.3 cm³/mol. The quantitative estimate of drug-likeness (QED) is 0.784. The zero-order chi connectivity index (χ0) is 10.8. The summed E-state index contributed by atoms with van der Waals surface area (Å²) in [6.45, 7) is 0.838. The normalized spacial score (nSPS) is 23.0. The van der Waals surface area contributed by atoms with E-state index in [1.54, 1.807) is 0 Å². The molecule has 1 aromatic carbocycles. The molecule has 1 saturated heterocycles. The zero-order valence-corrected chi connectivity index (χ0v) is 8.21. The van der Waals surface area contributed by atoms with Gasteiger partial charge in [-0.15, -0.1) is 0 Å². The fraction of sp³-hybridized carbons (Fsp3) is 0.455. The molecule has 2 nitrogen and oxygen atoms in total. The van der Waals surface area contributed by atoms with E-state index in [0.29, 0.717) is 0 Å². The minimum Gasteiger partial charge on any atom is -0.387 e. The Morgan fingerprint density at radius 3 is 2.80 bits per heavy atom. The molecule has 15 heavy (non-hydrogen) atoms. The van der Waals surface area contributed by atoms with Crippen LogP contribution in [-0.2, 0) is 0 Å². The molecule has 2 N–H and O–H groups in total. The molecule has 0 radical (unpaired) electrons. The molecule has 1 aliphatic rings. The maximum Gasteiger partial charge on any atom is 0.131 e. The SMILES string of the molecule is OC(c1ccc(F)cc1F)C1CCCN1. The van der Waals surface area contributed by atoms with Crippen LogP contribution in [0.4, 0.5) is 8.78 Å². The lowest BCUT2D eigenvalue weighted by atomic mass is 10.0. The third-order valence-electron chi connectivity index (χ3n) is 2.76. The summed E-state index contributed by atoms with van der Waals surface area (Å²) < 4.78 is 26.0. The van der Waals surface area contributed by atoms with Crippen LogP contribution in [0.3, 0.4) is 0 Å². The average Bonchev–Trinajstić information content (AvgIpc) is 2.69. The molecule has 82 valence electrons. The highest BCUT2D eigenvalue weighted by molar-refractivity contribution is 5.22. The summed E-state index contributed by atoms with van der Waals surface area (Å²) in [7, 11) is 0. The van der Waals surface area contributed by atoms with E-state index in [9.17, 15) is 13.9 Å². The molecular formula is C11H13F2NO. The molecule has 0 aromatic heterocycles. The lowest BCUT2D eigenvalue weighted by Crippen LogP contribution is -2.29. The Labute approximate surface area is 86.9 Å². The number of hydrogen-bond acceptors (Lipinski definition) is 2. The second-order valence-corrected chi connectivity index (χ2v) is 3.81. The van der Waals surface area contributed by atoms with Gasteiger partial charge in [0.2, 0.25) is 0 Å². The smallest absolute Gasteiger partial charge is 0.131 e. The molecule has 2 rings (SSSR count). The van der Waals surface area contributed by atoms with E-state index >= 15 is 0 Å². The summed E-state index contributed by atoms with van der Waals surface area (Å²) in [4.78, 5) is 0. The fourth-order valence-electron chi connectivity index (χ4n) is 1.94. The number of aliphatic hydroxyl groups is 1. The van der Waals surface area contributed by atoms with Gasteiger partial charge in [-0.05, 0) is 25.5 Å². The van der Waals surface area contributed by atoms with Gasteiger partial charge in [-0.25, -0.2) is 8.78 Å². The molecule has 2 unspecified atom stereocenters. The summed E-state index contributed by atoms with van der Waals surface area (Å²) in [6, 6.07) is 3.14. The molecule has 1 aliphatic heterocycles. The maximum absolute atomic E-state index is 13.3. The topological polar surface area (TPSA) is 32.3 Å². The summed E-state index contributed by atoms with van der Waals surface area (Å²) in [5, 5.41) is 13.0. The van der Waals surface area contributed by atoms with Crippen LogP contribution in [0.2, 0.25) is 0 Å². The molecular weight excluding hydrogens is 200 g/mol. The molecule has 2 atom stereocenters. The van der Waals surface area contributed by atoms with Crippen molar-refractivity contribution in [3.05, 3.63) is 35.4 Å². The second-order valence-electron chi connectivity index (χ2n) is 3.81. The Balaban J connectivity index is 2.20. The summed E-state index contributed by atoms with van der Waals surface area (Å²) in [5.41, 5.74) is 0.163. The van der Waals surface area contributed by atoms with Crippen LogP contribution in [0.15, 0.2) is 18.2 Å². The van der Waals surface area contributed by atoms with E-state index in [1.807, 2.05) is 0 Å². The van der Waals surface area contributed by atoms with Gasteiger partial charge in [-0.2, -0.15) is 0 Å². The summed E-state index contributed by atoms with van der Waals surface area (Å²) in [5.74, 6) is -1.31. The molecule has 1 aromatic rings. The third-order valence-corrected chi connectivity index (χ3v) is 2.76. The monoisotopic (exact) mass is 213 g/mol. The van der Waals surface area contributed by atoms with Crippen LogP contribution in [0.5, 0.6) is 0 Å². The number of halogens is 2. The second kappa shape index (κ2) is 4.24.